The molecule has 76 heavy (non-hydrogen) atoms. The summed E-state index contributed by atoms with van der Waals surface area (Å²) in [6, 6.07) is 21.7. The number of ether oxygens (including phenoxy) is 1. The molecule has 7 atom stereocenters. The van der Waals surface area contributed by atoms with Crippen LogP contribution < -0.4 is 31.3 Å². The zero-order valence-corrected chi connectivity index (χ0v) is 44.1. The molecule has 23 heteroatoms. The molecule has 7 unspecified atom stereocenters. The topological polar surface area (TPSA) is 307 Å². The molecule has 3 aromatic carbocycles. The van der Waals surface area contributed by atoms with Crippen molar-refractivity contribution in [3.05, 3.63) is 108 Å². The van der Waals surface area contributed by atoms with Crippen LogP contribution in [0.25, 0.3) is 10.8 Å². The van der Waals surface area contributed by atoms with Crippen LogP contribution in [0.4, 0.5) is 5.69 Å². The number of piperidine rings is 1. The largest absolute Gasteiger partial charge is 0.494 e. The zero-order chi connectivity index (χ0) is 54.2. The van der Waals surface area contributed by atoms with E-state index in [4.69, 9.17) is 17.0 Å². The normalized spacial score (nSPS) is 19.2. The molecule has 2 saturated heterocycles. The molecule has 13 N–H and O–H groups in total. The van der Waals surface area contributed by atoms with Crippen LogP contribution in [0.1, 0.15) is 91.7 Å². The van der Waals surface area contributed by atoms with Gasteiger partial charge in [0.2, 0.25) is 21.8 Å². The maximum atomic E-state index is 13.5. The number of aliphatic hydroxyl groups is 6. The smallest absolute Gasteiger partial charge is 0.251 e. The van der Waals surface area contributed by atoms with Crippen molar-refractivity contribution in [2.75, 3.05) is 51.2 Å². The summed E-state index contributed by atoms with van der Waals surface area (Å²) in [6.45, 7) is 3.49. The van der Waals surface area contributed by atoms with Crippen LogP contribution in [0, 0.1) is 0 Å². The Balaban J connectivity index is 0.703. The molecule has 4 heterocycles. The number of amides is 1. The van der Waals surface area contributed by atoms with Crippen molar-refractivity contribution in [1.29, 1.82) is 0 Å². The van der Waals surface area contributed by atoms with Crippen LogP contribution in [0.2, 0.25) is 0 Å². The van der Waals surface area contributed by atoms with E-state index in [9.17, 15) is 54.1 Å². The molecule has 21 nitrogen and oxygen atoms in total. The van der Waals surface area contributed by atoms with Gasteiger partial charge in [-0.2, -0.15) is 4.31 Å². The van der Waals surface area contributed by atoms with E-state index < -0.39 is 53.1 Å². The van der Waals surface area contributed by atoms with E-state index in [1.807, 2.05) is 24.3 Å². The number of nitrogens with zero attached hydrogens (tertiary/aromatic N) is 4. The van der Waals surface area contributed by atoms with Crippen molar-refractivity contribution in [3.8, 4) is 17.5 Å². The Bertz CT molecular complexity index is 2730. The summed E-state index contributed by atoms with van der Waals surface area (Å²) >= 11 is 5.38. The molecule has 0 aliphatic carbocycles. The van der Waals surface area contributed by atoms with E-state index in [-0.39, 0.29) is 40.3 Å². The zero-order valence-electron chi connectivity index (χ0n) is 42.5. The molecular weight excluding hydrogens is 1020 g/mol. The SMILES string of the molecule is O=C(NCCCC(O)CCC(O)CCC(O)CCCNC(O)COc1cccc2c(O)n(C3CCC(O)NC3O)c(O)c12)c1ccc(CN2CCN(S(=O)(=O)c3ccc(NC(=S)NCc4cccnc4)cc3)CC2)cc1. The minimum absolute atomic E-state index is 0.181. The van der Waals surface area contributed by atoms with E-state index in [0.29, 0.717) is 138 Å². The van der Waals surface area contributed by atoms with E-state index in [1.54, 1.807) is 67.0 Å². The molecule has 2 fully saturated rings. The van der Waals surface area contributed by atoms with Crippen LogP contribution in [0.5, 0.6) is 17.5 Å². The minimum atomic E-state index is -3.69. The maximum absolute atomic E-state index is 13.5. The summed E-state index contributed by atoms with van der Waals surface area (Å²) in [6.07, 6.45) is 2.30. The van der Waals surface area contributed by atoms with Gasteiger partial charge in [-0.15, -0.1) is 0 Å². The molecule has 7 rings (SSSR count). The van der Waals surface area contributed by atoms with Gasteiger partial charge in [-0.3, -0.25) is 29.9 Å². The number of carbonyl (C=O) groups is 1. The molecule has 0 saturated carbocycles. The van der Waals surface area contributed by atoms with E-state index in [0.717, 1.165) is 11.1 Å². The summed E-state index contributed by atoms with van der Waals surface area (Å²) in [5.41, 5.74) is 3.16. The number of nitrogens with one attached hydrogen (secondary N) is 5. The van der Waals surface area contributed by atoms with E-state index >= 15 is 0 Å². The number of fused-ring (bicyclic) bond motifs is 1. The molecule has 0 bridgehead atoms. The quantitative estimate of drug-likeness (QED) is 0.0204. The van der Waals surface area contributed by atoms with E-state index in [2.05, 4.69) is 36.5 Å². The number of benzene rings is 3. The number of pyridine rings is 1. The van der Waals surface area contributed by atoms with Gasteiger partial charge in [0.05, 0.1) is 40.0 Å². The van der Waals surface area contributed by atoms with Gasteiger partial charge in [-0.1, -0.05) is 24.3 Å². The number of hydrogen-bond donors (Lipinski definition) is 13. The van der Waals surface area contributed by atoms with Gasteiger partial charge < -0.3 is 61.5 Å². The summed E-state index contributed by atoms with van der Waals surface area (Å²) < 4.78 is 35.4. The number of aromatic hydroxyl groups is 2. The molecule has 2 aliphatic rings. The second-order valence-corrected chi connectivity index (χ2v) is 21.8. The highest BCUT2D eigenvalue weighted by molar-refractivity contribution is 7.89. The highest BCUT2D eigenvalue weighted by Crippen LogP contribution is 2.45. The number of rotatable bonds is 27. The fraction of sp³-hybridized carbons (Fsp3) is 0.491. The van der Waals surface area contributed by atoms with Gasteiger partial charge in [-0.25, -0.2) is 8.42 Å². The van der Waals surface area contributed by atoms with Gasteiger partial charge in [-0.05, 0) is 149 Å². The molecule has 2 aliphatic heterocycles. The second-order valence-electron chi connectivity index (χ2n) is 19.5. The van der Waals surface area contributed by atoms with Gasteiger partial charge in [0, 0.05) is 69.5 Å². The van der Waals surface area contributed by atoms with Crippen molar-refractivity contribution < 1.29 is 58.8 Å². The first kappa shape index (κ1) is 58.1. The number of aliphatic hydroxyl groups excluding tert-OH is 6. The van der Waals surface area contributed by atoms with Crippen molar-refractivity contribution in [2.24, 2.45) is 0 Å². The number of aromatic nitrogens is 2. The molecule has 0 spiro atoms. The number of thiocarbonyl (C=S) groups is 1. The van der Waals surface area contributed by atoms with Crippen LogP contribution in [0.3, 0.4) is 0 Å². The summed E-state index contributed by atoms with van der Waals surface area (Å²) in [4.78, 5) is 19.3. The Hall–Kier alpha value is -5.54. The standard InChI is InChI=1S/C53H73N9O12S2/c63-39(6-3-25-55-47(67)34-74-45-9-1-8-43-48(45)52(71)62(51(43)70)44-22-23-46(66)59-50(44)69)16-18-41(65)19-17-40(64)7-4-26-56-49(68)37-12-10-35(11-13-37)33-60-27-29-61(30-28-60)76(72,73)42-20-14-38(15-21-42)58-53(75)57-32-36-5-2-24-54-31-36/h1-2,5,8-15,20-21,24,31,39-41,44,46-47,50,55,59,63-67,69-71H,3-4,6-7,16-19,22-23,25-30,32-34H2,(H,56,68)(H2,57,58,75). The van der Waals surface area contributed by atoms with Crippen molar-refractivity contribution >= 4 is 49.7 Å². The van der Waals surface area contributed by atoms with Crippen LogP contribution >= 0.6 is 12.2 Å². The van der Waals surface area contributed by atoms with Gasteiger partial charge in [0.1, 0.15) is 31.0 Å². The summed E-state index contributed by atoms with van der Waals surface area (Å²) in [5.74, 6) is -0.581. The lowest BCUT2D eigenvalue weighted by Crippen LogP contribution is -2.48. The lowest BCUT2D eigenvalue weighted by atomic mass is 10.0. The molecular formula is C53H73N9O12S2. The Kier molecular flexibility index (Phi) is 21.6. The Morgan fingerprint density at radius 1 is 0.776 bits per heavy atom. The van der Waals surface area contributed by atoms with Crippen LogP contribution in [-0.4, -0.2) is 162 Å². The third-order valence-electron chi connectivity index (χ3n) is 13.8. The van der Waals surface area contributed by atoms with Gasteiger partial charge in [0.15, 0.2) is 5.11 Å². The summed E-state index contributed by atoms with van der Waals surface area (Å²) in [5, 5.41) is 99.8. The van der Waals surface area contributed by atoms with Crippen molar-refractivity contribution in [3.63, 3.8) is 0 Å². The predicted octanol–water partition coefficient (Wildman–Crippen LogP) is 2.92. The first-order chi connectivity index (χ1) is 36.5. The maximum Gasteiger partial charge on any atom is 0.251 e. The summed E-state index contributed by atoms with van der Waals surface area (Å²) in [7, 11) is -3.69. The molecule has 1 amide bonds. The van der Waals surface area contributed by atoms with Crippen molar-refractivity contribution in [1.82, 2.24) is 40.0 Å². The monoisotopic (exact) mass is 1090 g/mol. The lowest BCUT2D eigenvalue weighted by molar-refractivity contribution is -0.0306. The number of hydrogen-bond acceptors (Lipinski definition) is 17. The Labute approximate surface area is 448 Å². The van der Waals surface area contributed by atoms with E-state index in [1.165, 1.54) is 8.87 Å². The number of sulfonamides is 1. The number of carbonyl (C=O) groups excluding carboxylic acids is 1. The number of piperazine rings is 1. The first-order valence-electron chi connectivity index (χ1n) is 25.9. The Morgan fingerprint density at radius 2 is 1.45 bits per heavy atom. The fourth-order valence-corrected chi connectivity index (χ4v) is 11.0. The highest BCUT2D eigenvalue weighted by Gasteiger charge is 2.34. The average Bonchev–Trinajstić information content (AvgIpc) is 3.69. The van der Waals surface area contributed by atoms with Crippen LogP contribution in [0.15, 0.2) is 96.2 Å². The third kappa shape index (κ3) is 16.5. The number of anilines is 1. The minimum Gasteiger partial charge on any atom is -0.494 e. The van der Waals surface area contributed by atoms with Crippen molar-refractivity contribution in [2.45, 2.75) is 125 Å². The first-order valence-corrected chi connectivity index (χ1v) is 27.8. The lowest BCUT2D eigenvalue weighted by Gasteiger charge is -2.34. The average molecular weight is 1090 g/mol. The second kappa shape index (κ2) is 28.2. The Morgan fingerprint density at radius 3 is 2.11 bits per heavy atom. The molecule has 414 valence electrons. The predicted molar refractivity (Wildman–Crippen MR) is 290 cm³/mol. The molecule has 0 radical (unpaired) electrons. The molecule has 2 aromatic heterocycles. The fourth-order valence-electron chi connectivity index (χ4n) is 9.43. The van der Waals surface area contributed by atoms with Crippen LogP contribution in [-0.2, 0) is 23.1 Å². The molecule has 5 aromatic rings. The van der Waals surface area contributed by atoms with Gasteiger partial charge >= 0.3 is 0 Å². The van der Waals surface area contributed by atoms with Gasteiger partial charge in [0.25, 0.3) is 5.91 Å². The third-order valence-corrected chi connectivity index (χ3v) is 15.9. The highest BCUT2D eigenvalue weighted by atomic mass is 32.2.